The van der Waals surface area contributed by atoms with Gasteiger partial charge in [0.15, 0.2) is 5.75 Å². The van der Waals surface area contributed by atoms with Crippen molar-refractivity contribution in [1.82, 2.24) is 0 Å². The van der Waals surface area contributed by atoms with Crippen LogP contribution in [0.4, 0.5) is 0 Å². The highest BCUT2D eigenvalue weighted by molar-refractivity contribution is 7.86. The fraction of sp³-hybridized carbons (Fsp3) is 0.143. The summed E-state index contributed by atoms with van der Waals surface area (Å²) >= 11 is 11.2. The SMILES string of the molecule is CS(=O)(=O)Oc1c(Cl)[c]ccc1Cl. The molecule has 0 aromatic heterocycles. The Labute approximate surface area is 86.4 Å². The third-order valence-electron chi connectivity index (χ3n) is 1.09. The molecule has 3 nitrogen and oxygen atoms in total. The van der Waals surface area contributed by atoms with Gasteiger partial charge in [0.2, 0.25) is 0 Å². The van der Waals surface area contributed by atoms with Crippen molar-refractivity contribution in [3.05, 3.63) is 28.2 Å². The van der Waals surface area contributed by atoms with E-state index >= 15 is 0 Å². The van der Waals surface area contributed by atoms with Crippen molar-refractivity contribution >= 4 is 33.3 Å². The van der Waals surface area contributed by atoms with E-state index in [0.717, 1.165) is 6.26 Å². The highest BCUT2D eigenvalue weighted by atomic mass is 35.5. The smallest absolute Gasteiger partial charge is 0.306 e. The Morgan fingerprint density at radius 3 is 2.54 bits per heavy atom. The second-order valence-electron chi connectivity index (χ2n) is 2.26. The topological polar surface area (TPSA) is 43.4 Å². The molecule has 0 N–H and O–H groups in total. The van der Waals surface area contributed by atoms with E-state index in [0.29, 0.717) is 0 Å². The molecule has 0 aliphatic heterocycles. The predicted octanol–water partition coefficient (Wildman–Crippen LogP) is 2.13. The van der Waals surface area contributed by atoms with E-state index in [4.69, 9.17) is 23.2 Å². The summed E-state index contributed by atoms with van der Waals surface area (Å²) in [4.78, 5) is 0. The number of hydrogen-bond acceptors (Lipinski definition) is 3. The van der Waals surface area contributed by atoms with Gasteiger partial charge in [0.1, 0.15) is 0 Å². The molecule has 0 unspecified atom stereocenters. The van der Waals surface area contributed by atoms with Crippen LogP contribution in [0, 0.1) is 6.07 Å². The summed E-state index contributed by atoms with van der Waals surface area (Å²) in [5, 5.41) is 0.173. The van der Waals surface area contributed by atoms with Crippen molar-refractivity contribution in [1.29, 1.82) is 0 Å². The molecule has 1 aromatic rings. The lowest BCUT2D eigenvalue weighted by Crippen LogP contribution is -2.06. The molecule has 0 saturated heterocycles. The molecule has 1 rings (SSSR count). The van der Waals surface area contributed by atoms with Gasteiger partial charge in [-0.15, -0.1) is 0 Å². The summed E-state index contributed by atoms with van der Waals surface area (Å²) in [5.41, 5.74) is 0. The summed E-state index contributed by atoms with van der Waals surface area (Å²) in [6.07, 6.45) is 0.909. The van der Waals surface area contributed by atoms with Crippen molar-refractivity contribution in [2.45, 2.75) is 0 Å². The minimum absolute atomic E-state index is 0.0397. The van der Waals surface area contributed by atoms with Crippen molar-refractivity contribution in [2.24, 2.45) is 0 Å². The van der Waals surface area contributed by atoms with E-state index < -0.39 is 10.1 Å². The molecule has 0 atom stereocenters. The maximum atomic E-state index is 10.8. The summed E-state index contributed by atoms with van der Waals surface area (Å²) in [5.74, 6) is -0.0895. The fourth-order valence-electron chi connectivity index (χ4n) is 0.662. The van der Waals surface area contributed by atoms with Gasteiger partial charge in [0.25, 0.3) is 0 Å². The first-order valence-corrected chi connectivity index (χ1v) is 5.72. The van der Waals surface area contributed by atoms with E-state index in [-0.39, 0.29) is 15.8 Å². The zero-order chi connectivity index (χ0) is 10.1. The molecule has 0 heterocycles. The molecular formula is C7H5Cl2O3S. The Morgan fingerprint density at radius 1 is 1.46 bits per heavy atom. The van der Waals surface area contributed by atoms with Crippen LogP contribution in [0.1, 0.15) is 0 Å². The van der Waals surface area contributed by atoms with Gasteiger partial charge in [-0.3, -0.25) is 0 Å². The van der Waals surface area contributed by atoms with Gasteiger partial charge in [-0.2, -0.15) is 8.42 Å². The number of hydrogen-bond donors (Lipinski definition) is 0. The number of halogens is 2. The molecule has 6 heteroatoms. The summed E-state index contributed by atoms with van der Waals surface area (Å²) in [6.45, 7) is 0. The van der Waals surface area contributed by atoms with Crippen LogP contribution < -0.4 is 4.18 Å². The highest BCUT2D eigenvalue weighted by Crippen LogP contribution is 2.32. The van der Waals surface area contributed by atoms with Crippen LogP contribution in [0.25, 0.3) is 0 Å². The number of benzene rings is 1. The zero-order valence-electron chi connectivity index (χ0n) is 6.54. The van der Waals surface area contributed by atoms with E-state index in [2.05, 4.69) is 10.2 Å². The first-order chi connectivity index (χ1) is 5.90. The Kier molecular flexibility index (Phi) is 3.05. The maximum absolute atomic E-state index is 10.8. The maximum Gasteiger partial charge on any atom is 0.306 e. The molecule has 0 fully saturated rings. The molecule has 0 aliphatic rings. The van der Waals surface area contributed by atoms with E-state index in [1.807, 2.05) is 0 Å². The highest BCUT2D eigenvalue weighted by Gasteiger charge is 2.12. The van der Waals surface area contributed by atoms with Gasteiger partial charge in [-0.25, -0.2) is 0 Å². The molecule has 0 amide bonds. The average Bonchev–Trinajstić information content (AvgIpc) is 1.95. The van der Waals surface area contributed by atoms with Gasteiger partial charge < -0.3 is 4.18 Å². The standard InChI is InChI=1S/C7H5Cl2O3S/c1-13(10,11)12-7-5(8)3-2-4-6(7)9/h2-3H,1H3. The van der Waals surface area contributed by atoms with Crippen LogP contribution in [0.3, 0.4) is 0 Å². The monoisotopic (exact) mass is 239 g/mol. The molecule has 0 saturated carbocycles. The Morgan fingerprint density at radius 2 is 2.08 bits per heavy atom. The Balaban J connectivity index is 3.15. The molecular weight excluding hydrogens is 235 g/mol. The Bertz CT molecular complexity index is 393. The minimum Gasteiger partial charge on any atom is -0.379 e. The lowest BCUT2D eigenvalue weighted by atomic mass is 10.3. The largest absolute Gasteiger partial charge is 0.379 e. The van der Waals surface area contributed by atoms with Crippen LogP contribution in [-0.4, -0.2) is 14.7 Å². The van der Waals surface area contributed by atoms with E-state index in [1.54, 1.807) is 0 Å². The van der Waals surface area contributed by atoms with Gasteiger partial charge >= 0.3 is 10.1 Å². The van der Waals surface area contributed by atoms with E-state index in [1.165, 1.54) is 12.1 Å². The molecule has 0 bridgehead atoms. The van der Waals surface area contributed by atoms with Crippen LogP contribution in [0.5, 0.6) is 5.75 Å². The van der Waals surface area contributed by atoms with Gasteiger partial charge in [0.05, 0.1) is 16.3 Å². The number of rotatable bonds is 2. The summed E-state index contributed by atoms with van der Waals surface area (Å²) in [6, 6.07) is 5.47. The van der Waals surface area contributed by atoms with Crippen LogP contribution in [0.15, 0.2) is 12.1 Å². The molecule has 71 valence electrons. The third-order valence-corrected chi connectivity index (χ3v) is 2.14. The molecule has 13 heavy (non-hydrogen) atoms. The molecule has 0 aliphatic carbocycles. The van der Waals surface area contributed by atoms with Crippen molar-refractivity contribution in [3.8, 4) is 5.75 Å². The van der Waals surface area contributed by atoms with Crippen LogP contribution in [-0.2, 0) is 10.1 Å². The fourth-order valence-corrected chi connectivity index (χ4v) is 1.68. The van der Waals surface area contributed by atoms with Crippen molar-refractivity contribution in [2.75, 3.05) is 6.26 Å². The van der Waals surface area contributed by atoms with Crippen molar-refractivity contribution < 1.29 is 12.6 Å². The van der Waals surface area contributed by atoms with Gasteiger partial charge in [0, 0.05) is 6.07 Å². The van der Waals surface area contributed by atoms with Gasteiger partial charge in [-0.05, 0) is 6.07 Å². The summed E-state index contributed by atoms with van der Waals surface area (Å²) < 4.78 is 26.0. The average molecular weight is 240 g/mol. The first kappa shape index (κ1) is 10.6. The molecule has 1 radical (unpaired) electrons. The lowest BCUT2D eigenvalue weighted by Gasteiger charge is -2.05. The lowest BCUT2D eigenvalue weighted by molar-refractivity contribution is 0.493. The van der Waals surface area contributed by atoms with Crippen LogP contribution >= 0.6 is 23.2 Å². The second kappa shape index (κ2) is 3.74. The van der Waals surface area contributed by atoms with Crippen molar-refractivity contribution in [3.63, 3.8) is 0 Å². The normalized spacial score (nSPS) is 11.3. The third kappa shape index (κ3) is 3.06. The quantitative estimate of drug-likeness (QED) is 0.743. The van der Waals surface area contributed by atoms with E-state index in [9.17, 15) is 8.42 Å². The second-order valence-corrected chi connectivity index (χ2v) is 4.62. The Hall–Kier alpha value is -0.450. The van der Waals surface area contributed by atoms with Gasteiger partial charge in [-0.1, -0.05) is 29.3 Å². The predicted molar refractivity (Wildman–Crippen MR) is 50.8 cm³/mol. The molecule has 1 aromatic carbocycles. The van der Waals surface area contributed by atoms with Crippen LogP contribution in [0.2, 0.25) is 10.0 Å². The first-order valence-electron chi connectivity index (χ1n) is 3.15. The summed E-state index contributed by atoms with van der Waals surface area (Å²) in [7, 11) is -3.61. The zero-order valence-corrected chi connectivity index (χ0v) is 8.87. The minimum atomic E-state index is -3.61. The molecule has 0 spiro atoms.